The minimum atomic E-state index is -0.446. The Hall–Kier alpha value is -3.55. The Morgan fingerprint density at radius 1 is 1.00 bits per heavy atom. The predicted molar refractivity (Wildman–Crippen MR) is 103 cm³/mol. The zero-order chi connectivity index (χ0) is 19.8. The van der Waals surface area contributed by atoms with Crippen LogP contribution in [0.15, 0.2) is 47.6 Å². The molecule has 0 saturated heterocycles. The van der Waals surface area contributed by atoms with Gasteiger partial charge >= 0.3 is 0 Å². The summed E-state index contributed by atoms with van der Waals surface area (Å²) in [7, 11) is 2.99. The molecular weight excluding hydrogens is 348 g/mol. The fourth-order valence-corrected chi connectivity index (χ4v) is 2.21. The van der Waals surface area contributed by atoms with Crippen molar-refractivity contribution in [2.75, 3.05) is 26.5 Å². The largest absolute Gasteiger partial charge is 0.493 e. The minimum Gasteiger partial charge on any atom is -0.493 e. The van der Waals surface area contributed by atoms with Crippen molar-refractivity contribution >= 4 is 23.2 Å². The third-order valence-electron chi connectivity index (χ3n) is 3.73. The predicted octanol–water partition coefficient (Wildman–Crippen LogP) is 1.56. The number of hydrazone groups is 1. The minimum absolute atomic E-state index is 0.217. The van der Waals surface area contributed by atoms with Crippen molar-refractivity contribution in [2.24, 2.45) is 5.10 Å². The highest BCUT2D eigenvalue weighted by atomic mass is 16.5. The van der Waals surface area contributed by atoms with Crippen LogP contribution in [0.25, 0.3) is 0 Å². The first-order valence-electron chi connectivity index (χ1n) is 8.14. The normalized spacial score (nSPS) is 10.9. The van der Waals surface area contributed by atoms with E-state index in [-0.39, 0.29) is 6.54 Å². The van der Waals surface area contributed by atoms with E-state index in [1.54, 1.807) is 43.3 Å². The molecule has 0 fully saturated rings. The molecule has 8 nitrogen and oxygen atoms in total. The number of rotatable bonds is 7. The van der Waals surface area contributed by atoms with Crippen molar-refractivity contribution in [2.45, 2.75) is 6.92 Å². The fourth-order valence-electron chi connectivity index (χ4n) is 2.21. The van der Waals surface area contributed by atoms with Crippen molar-refractivity contribution in [1.29, 1.82) is 0 Å². The molecule has 8 heteroatoms. The first-order chi connectivity index (χ1) is 12.9. The number of carbonyl (C=O) groups is 2. The Balaban J connectivity index is 1.90. The molecule has 0 saturated carbocycles. The highest BCUT2D eigenvalue weighted by Crippen LogP contribution is 2.27. The zero-order valence-corrected chi connectivity index (χ0v) is 15.4. The highest BCUT2D eigenvalue weighted by molar-refractivity contribution is 6.00. The number of amides is 2. The van der Waals surface area contributed by atoms with Crippen LogP contribution >= 0.6 is 0 Å². The zero-order valence-electron chi connectivity index (χ0n) is 15.4. The van der Waals surface area contributed by atoms with E-state index in [1.807, 2.05) is 0 Å². The molecule has 4 N–H and O–H groups in total. The van der Waals surface area contributed by atoms with Gasteiger partial charge in [0.05, 0.1) is 26.5 Å². The Kier molecular flexibility index (Phi) is 6.76. The average Bonchev–Trinajstić information content (AvgIpc) is 2.70. The maximum Gasteiger partial charge on any atom is 0.259 e. The van der Waals surface area contributed by atoms with Gasteiger partial charge in [-0.3, -0.25) is 9.59 Å². The monoisotopic (exact) mass is 370 g/mol. The van der Waals surface area contributed by atoms with E-state index in [1.165, 1.54) is 20.3 Å². The van der Waals surface area contributed by atoms with Gasteiger partial charge in [0.15, 0.2) is 11.5 Å². The van der Waals surface area contributed by atoms with Gasteiger partial charge in [-0.1, -0.05) is 12.1 Å². The van der Waals surface area contributed by atoms with E-state index in [9.17, 15) is 9.59 Å². The van der Waals surface area contributed by atoms with Gasteiger partial charge in [-0.05, 0) is 42.8 Å². The number of methoxy groups -OCH3 is 2. The van der Waals surface area contributed by atoms with Gasteiger partial charge in [0.2, 0.25) is 0 Å². The van der Waals surface area contributed by atoms with E-state index in [0.717, 1.165) is 5.56 Å². The Labute approximate surface area is 157 Å². The smallest absolute Gasteiger partial charge is 0.259 e. The molecule has 0 aliphatic heterocycles. The van der Waals surface area contributed by atoms with Crippen molar-refractivity contribution in [3.8, 4) is 11.5 Å². The summed E-state index contributed by atoms with van der Waals surface area (Å²) in [4.78, 5) is 24.1. The summed E-state index contributed by atoms with van der Waals surface area (Å²) in [6.45, 7) is 1.54. The maximum absolute atomic E-state index is 12.2. The third kappa shape index (κ3) is 5.46. The fraction of sp³-hybridized carbons (Fsp3) is 0.211. The highest BCUT2D eigenvalue weighted by Gasteiger charge is 2.12. The molecule has 2 rings (SSSR count). The van der Waals surface area contributed by atoms with E-state index in [4.69, 9.17) is 15.2 Å². The van der Waals surface area contributed by atoms with Crippen molar-refractivity contribution in [1.82, 2.24) is 10.7 Å². The topological polar surface area (TPSA) is 115 Å². The van der Waals surface area contributed by atoms with Gasteiger partial charge in [-0.25, -0.2) is 5.43 Å². The Morgan fingerprint density at radius 2 is 1.63 bits per heavy atom. The number of nitrogens with zero attached hydrogens (tertiary/aromatic N) is 1. The summed E-state index contributed by atoms with van der Waals surface area (Å²) in [5, 5.41) is 6.54. The standard InChI is InChI=1S/C19H22N4O4/c1-12(13-4-7-15(20)8-5-13)22-23-18(24)11-21-19(25)14-6-9-16(26-2)17(10-14)27-3/h4-10H,11,20H2,1-3H3,(H,21,25)(H,23,24). The molecule has 2 amide bonds. The van der Waals surface area contributed by atoms with Crippen LogP contribution in [0, 0.1) is 0 Å². The number of nitrogens with two attached hydrogens (primary N) is 1. The van der Waals surface area contributed by atoms with Crippen LogP contribution in [-0.2, 0) is 4.79 Å². The molecule has 0 heterocycles. The molecule has 0 bridgehead atoms. The summed E-state index contributed by atoms with van der Waals surface area (Å²) in [5.41, 5.74) is 10.5. The van der Waals surface area contributed by atoms with Crippen molar-refractivity contribution in [3.05, 3.63) is 53.6 Å². The first kappa shape index (κ1) is 19.8. The quantitative estimate of drug-likeness (QED) is 0.389. The third-order valence-corrected chi connectivity index (χ3v) is 3.73. The van der Waals surface area contributed by atoms with Gasteiger partial charge in [-0.15, -0.1) is 0 Å². The van der Waals surface area contributed by atoms with E-state index >= 15 is 0 Å². The van der Waals surface area contributed by atoms with E-state index in [2.05, 4.69) is 15.8 Å². The van der Waals surface area contributed by atoms with Gasteiger partial charge in [-0.2, -0.15) is 5.10 Å². The molecule has 0 aliphatic rings. The number of nitrogen functional groups attached to an aromatic ring is 1. The van der Waals surface area contributed by atoms with Crippen LogP contribution < -0.4 is 25.9 Å². The summed E-state index contributed by atoms with van der Waals surface area (Å²) in [6, 6.07) is 11.8. The lowest BCUT2D eigenvalue weighted by atomic mass is 10.1. The number of nitrogens with one attached hydrogen (secondary N) is 2. The number of ether oxygens (including phenoxy) is 2. The SMILES string of the molecule is COc1ccc(C(=O)NCC(=O)NN=C(C)c2ccc(N)cc2)cc1OC. The lowest BCUT2D eigenvalue weighted by Gasteiger charge is -2.10. The molecular formula is C19H22N4O4. The molecule has 0 spiro atoms. The lowest BCUT2D eigenvalue weighted by molar-refractivity contribution is -0.120. The lowest BCUT2D eigenvalue weighted by Crippen LogP contribution is -2.35. The second-order valence-corrected chi connectivity index (χ2v) is 5.61. The first-order valence-corrected chi connectivity index (χ1v) is 8.14. The van der Waals surface area contributed by atoms with Gasteiger partial charge in [0.1, 0.15) is 0 Å². The molecule has 27 heavy (non-hydrogen) atoms. The van der Waals surface area contributed by atoms with Crippen LogP contribution in [0.4, 0.5) is 5.69 Å². The van der Waals surface area contributed by atoms with Gasteiger partial charge < -0.3 is 20.5 Å². The van der Waals surface area contributed by atoms with Gasteiger partial charge in [0, 0.05) is 11.3 Å². The van der Waals surface area contributed by atoms with Gasteiger partial charge in [0.25, 0.3) is 11.8 Å². The van der Waals surface area contributed by atoms with Crippen LogP contribution in [0.2, 0.25) is 0 Å². The molecule has 0 unspecified atom stereocenters. The molecule has 2 aromatic carbocycles. The maximum atomic E-state index is 12.2. The molecule has 2 aromatic rings. The van der Waals surface area contributed by atoms with Crippen LogP contribution in [-0.4, -0.2) is 38.3 Å². The summed E-state index contributed by atoms with van der Waals surface area (Å²) in [5.74, 6) is 0.0848. The number of carbonyl (C=O) groups excluding carboxylic acids is 2. The summed E-state index contributed by atoms with van der Waals surface area (Å²) in [6.07, 6.45) is 0. The summed E-state index contributed by atoms with van der Waals surface area (Å²) >= 11 is 0. The molecule has 0 aliphatic carbocycles. The number of benzene rings is 2. The number of anilines is 1. The van der Waals surface area contributed by atoms with Crippen LogP contribution in [0.5, 0.6) is 11.5 Å². The second-order valence-electron chi connectivity index (χ2n) is 5.61. The number of hydrogen-bond donors (Lipinski definition) is 3. The molecule has 0 radical (unpaired) electrons. The van der Waals surface area contributed by atoms with E-state index < -0.39 is 11.8 Å². The van der Waals surface area contributed by atoms with Crippen LogP contribution in [0.3, 0.4) is 0 Å². The Bertz CT molecular complexity index is 847. The van der Waals surface area contributed by atoms with Crippen LogP contribution in [0.1, 0.15) is 22.8 Å². The molecule has 0 aromatic heterocycles. The second kappa shape index (κ2) is 9.23. The average molecular weight is 370 g/mol. The number of hydrogen-bond acceptors (Lipinski definition) is 6. The van der Waals surface area contributed by atoms with Crippen molar-refractivity contribution < 1.29 is 19.1 Å². The Morgan fingerprint density at radius 3 is 2.26 bits per heavy atom. The molecule has 142 valence electrons. The van der Waals surface area contributed by atoms with E-state index in [0.29, 0.717) is 28.5 Å². The van der Waals surface area contributed by atoms with Crippen molar-refractivity contribution in [3.63, 3.8) is 0 Å². The molecule has 0 atom stereocenters. The summed E-state index contributed by atoms with van der Waals surface area (Å²) < 4.78 is 10.3.